The topological polar surface area (TPSA) is 47.6 Å². The molecule has 0 fully saturated rings. The molecular formula is C14H15ClF3NO3. The minimum atomic E-state index is -4.80. The Morgan fingerprint density at radius 2 is 1.91 bits per heavy atom. The van der Waals surface area contributed by atoms with Gasteiger partial charge in [-0.3, -0.25) is 5.32 Å². The van der Waals surface area contributed by atoms with Gasteiger partial charge < -0.3 is 9.47 Å². The molecule has 1 aromatic rings. The Kier molecular flexibility index (Phi) is 5.71. The van der Waals surface area contributed by atoms with Crippen molar-refractivity contribution in [1.82, 2.24) is 0 Å². The number of anilines is 1. The minimum absolute atomic E-state index is 0.237. The maximum absolute atomic E-state index is 12.2. The molecule has 0 aromatic heterocycles. The molecule has 4 nitrogen and oxygen atoms in total. The predicted octanol–water partition coefficient (Wildman–Crippen LogP) is 5.14. The molecule has 0 unspecified atom stereocenters. The summed E-state index contributed by atoms with van der Waals surface area (Å²) < 4.78 is 45.5. The Bertz CT molecular complexity index is 565. The van der Waals surface area contributed by atoms with Gasteiger partial charge in [-0.15, -0.1) is 13.2 Å². The van der Waals surface area contributed by atoms with Crippen LogP contribution in [0.5, 0.6) is 5.75 Å². The van der Waals surface area contributed by atoms with E-state index in [2.05, 4.69) is 10.1 Å². The molecule has 0 saturated carbocycles. The van der Waals surface area contributed by atoms with Crippen LogP contribution < -0.4 is 10.1 Å². The number of carbonyl (C=O) groups is 1. The molecule has 0 saturated heterocycles. The first kappa shape index (κ1) is 18.2. The highest BCUT2D eigenvalue weighted by atomic mass is 35.5. The molecule has 1 amide bonds. The summed E-state index contributed by atoms with van der Waals surface area (Å²) in [5.74, 6) is -0.424. The Morgan fingerprint density at radius 3 is 2.41 bits per heavy atom. The first-order valence-electron chi connectivity index (χ1n) is 6.17. The second kappa shape index (κ2) is 6.91. The van der Waals surface area contributed by atoms with E-state index in [1.54, 1.807) is 20.8 Å². The van der Waals surface area contributed by atoms with E-state index in [0.717, 1.165) is 17.7 Å². The summed E-state index contributed by atoms with van der Waals surface area (Å²) in [6, 6.07) is 3.43. The molecule has 8 heteroatoms. The molecule has 0 aliphatic rings. The van der Waals surface area contributed by atoms with Gasteiger partial charge in [-0.2, -0.15) is 0 Å². The van der Waals surface area contributed by atoms with Crippen molar-refractivity contribution in [2.45, 2.75) is 32.7 Å². The second-order valence-corrected chi connectivity index (χ2v) is 5.47. The SMILES string of the molecule is CC(C)(C)OC(=O)Nc1ccc(OC(F)(F)F)cc1/C=C/Cl. The van der Waals surface area contributed by atoms with Crippen molar-refractivity contribution < 1.29 is 27.4 Å². The summed E-state index contributed by atoms with van der Waals surface area (Å²) in [4.78, 5) is 11.7. The zero-order chi connectivity index (χ0) is 17.0. The lowest BCUT2D eigenvalue weighted by Gasteiger charge is -2.20. The highest BCUT2D eigenvalue weighted by molar-refractivity contribution is 6.27. The highest BCUT2D eigenvalue weighted by Gasteiger charge is 2.31. The van der Waals surface area contributed by atoms with Gasteiger partial charge >= 0.3 is 12.5 Å². The van der Waals surface area contributed by atoms with Gasteiger partial charge in [-0.05, 0) is 45.0 Å². The van der Waals surface area contributed by atoms with Crippen LogP contribution in [-0.2, 0) is 4.74 Å². The van der Waals surface area contributed by atoms with Gasteiger partial charge in [0.2, 0.25) is 0 Å². The predicted molar refractivity (Wildman–Crippen MR) is 77.9 cm³/mol. The number of hydrogen-bond donors (Lipinski definition) is 1. The van der Waals surface area contributed by atoms with Crippen LogP contribution in [0.25, 0.3) is 6.08 Å². The zero-order valence-electron chi connectivity index (χ0n) is 12.1. The van der Waals surface area contributed by atoms with Crippen molar-refractivity contribution in [2.75, 3.05) is 5.32 Å². The van der Waals surface area contributed by atoms with Crippen molar-refractivity contribution >= 4 is 29.5 Å². The lowest BCUT2D eigenvalue weighted by Crippen LogP contribution is -2.27. The standard InChI is InChI=1S/C14H15ClF3NO3/c1-13(2,3)22-12(20)19-11-5-4-10(21-14(16,17)18)8-9(11)6-7-15/h4-8H,1-3H3,(H,19,20)/b7-6+. The van der Waals surface area contributed by atoms with E-state index in [1.807, 2.05) is 0 Å². The number of nitrogens with one attached hydrogen (secondary N) is 1. The molecule has 0 bridgehead atoms. The number of ether oxygens (including phenoxy) is 2. The van der Waals surface area contributed by atoms with E-state index in [-0.39, 0.29) is 11.3 Å². The van der Waals surface area contributed by atoms with Crippen LogP contribution in [0.4, 0.5) is 23.7 Å². The number of amides is 1. The van der Waals surface area contributed by atoms with Crippen LogP contribution in [0.3, 0.4) is 0 Å². The van der Waals surface area contributed by atoms with E-state index < -0.39 is 23.8 Å². The van der Waals surface area contributed by atoms with Gasteiger partial charge in [0.05, 0.1) is 5.69 Å². The fourth-order valence-electron chi connectivity index (χ4n) is 1.47. The maximum Gasteiger partial charge on any atom is 0.573 e. The third-order valence-electron chi connectivity index (χ3n) is 2.13. The average molecular weight is 338 g/mol. The Labute approximate surface area is 130 Å². The van der Waals surface area contributed by atoms with Crippen LogP contribution in [0.1, 0.15) is 26.3 Å². The van der Waals surface area contributed by atoms with E-state index in [1.165, 1.54) is 12.1 Å². The van der Waals surface area contributed by atoms with E-state index in [9.17, 15) is 18.0 Å². The van der Waals surface area contributed by atoms with Gasteiger partial charge in [-0.1, -0.05) is 11.6 Å². The summed E-state index contributed by atoms with van der Waals surface area (Å²) in [6.45, 7) is 5.06. The fraction of sp³-hybridized carbons (Fsp3) is 0.357. The van der Waals surface area contributed by atoms with Gasteiger partial charge in [0.25, 0.3) is 0 Å². The Hall–Kier alpha value is -1.89. The molecule has 0 aliphatic heterocycles. The van der Waals surface area contributed by atoms with Crippen molar-refractivity contribution in [3.8, 4) is 5.75 Å². The zero-order valence-corrected chi connectivity index (χ0v) is 12.9. The smallest absolute Gasteiger partial charge is 0.444 e. The number of rotatable bonds is 3. The third-order valence-corrected chi connectivity index (χ3v) is 2.26. The fourth-order valence-corrected chi connectivity index (χ4v) is 1.61. The molecule has 0 radical (unpaired) electrons. The molecule has 1 aromatic carbocycles. The number of hydrogen-bond acceptors (Lipinski definition) is 3. The van der Waals surface area contributed by atoms with Crippen molar-refractivity contribution in [2.24, 2.45) is 0 Å². The van der Waals surface area contributed by atoms with E-state index in [4.69, 9.17) is 16.3 Å². The maximum atomic E-state index is 12.2. The van der Waals surface area contributed by atoms with E-state index >= 15 is 0 Å². The molecule has 122 valence electrons. The summed E-state index contributed by atoms with van der Waals surface area (Å²) in [5, 5.41) is 2.43. The third kappa shape index (κ3) is 6.71. The number of carbonyl (C=O) groups excluding carboxylic acids is 1. The molecule has 0 atom stereocenters. The quantitative estimate of drug-likeness (QED) is 0.830. The van der Waals surface area contributed by atoms with Crippen LogP contribution in [0, 0.1) is 0 Å². The number of benzene rings is 1. The van der Waals surface area contributed by atoms with Crippen LogP contribution in [0.2, 0.25) is 0 Å². The number of alkyl halides is 3. The molecule has 0 heterocycles. The minimum Gasteiger partial charge on any atom is -0.444 e. The molecule has 1 rings (SSSR count). The lowest BCUT2D eigenvalue weighted by molar-refractivity contribution is -0.274. The average Bonchev–Trinajstić information content (AvgIpc) is 2.28. The van der Waals surface area contributed by atoms with Crippen molar-refractivity contribution in [3.63, 3.8) is 0 Å². The summed E-state index contributed by atoms with van der Waals surface area (Å²) in [7, 11) is 0. The second-order valence-electron chi connectivity index (χ2n) is 5.22. The normalized spacial score (nSPS) is 12.3. The van der Waals surface area contributed by atoms with Crippen molar-refractivity contribution in [3.05, 3.63) is 29.3 Å². The summed E-state index contributed by atoms with van der Waals surface area (Å²) in [6.07, 6.45) is -4.22. The lowest BCUT2D eigenvalue weighted by atomic mass is 10.1. The summed E-state index contributed by atoms with van der Waals surface area (Å²) in [5.41, 5.74) is 0.877. The highest BCUT2D eigenvalue weighted by Crippen LogP contribution is 2.28. The summed E-state index contributed by atoms with van der Waals surface area (Å²) >= 11 is 5.45. The largest absolute Gasteiger partial charge is 0.573 e. The molecule has 0 spiro atoms. The van der Waals surface area contributed by atoms with E-state index in [0.29, 0.717) is 0 Å². The van der Waals surface area contributed by atoms with Crippen molar-refractivity contribution in [1.29, 1.82) is 0 Å². The molecule has 0 aliphatic carbocycles. The van der Waals surface area contributed by atoms with Gasteiger partial charge in [0.15, 0.2) is 0 Å². The number of halogens is 4. The van der Waals surface area contributed by atoms with Gasteiger partial charge in [-0.25, -0.2) is 4.79 Å². The molecule has 1 N–H and O–H groups in total. The Morgan fingerprint density at radius 1 is 1.27 bits per heavy atom. The monoisotopic (exact) mass is 337 g/mol. The Balaban J connectivity index is 2.98. The van der Waals surface area contributed by atoms with Gasteiger partial charge in [0.1, 0.15) is 11.4 Å². The van der Waals surface area contributed by atoms with Crippen LogP contribution in [0.15, 0.2) is 23.7 Å². The van der Waals surface area contributed by atoms with Crippen LogP contribution >= 0.6 is 11.6 Å². The van der Waals surface area contributed by atoms with Gasteiger partial charge in [0, 0.05) is 11.1 Å². The molecule has 22 heavy (non-hydrogen) atoms. The molecular weight excluding hydrogens is 323 g/mol. The van der Waals surface area contributed by atoms with Crippen LogP contribution in [-0.4, -0.2) is 18.1 Å². The first-order chi connectivity index (χ1) is 10.00. The first-order valence-corrected chi connectivity index (χ1v) is 6.60.